The standard InChI is InChI=1S/C55H60FN9O14/c1-6-55(77)33-20-39-49-31(26-65(39)52(75)32(33)27-78-53(55)76)48-35(15-14-30-28(2)34(56)21-36(63-49)47(30)48)60-43(69)25-59-50(73)37(19-29-11-8-7-9-12-29)62-42(68)24-57-41(67)23-58-51(74)38(22-46(72)79-54(3,4)5)61-40(66)13-10-18-64-44(70)16-17-45(64)71/h7-9,11-12,16-17,20-21,35,37-38,77H,6,10,13-15,18-19,22-27H2,1-5H3,(H,57,67)(H,58,74)(H,59,73)(H,60,69)(H,61,66)(H,62,68)/t35-,37-,38-,55-/m0/s1. The van der Waals surface area contributed by atoms with Gasteiger partial charge in [0.2, 0.25) is 35.4 Å². The molecule has 4 atom stereocenters. The maximum absolute atomic E-state index is 15.5. The number of amides is 8. The van der Waals surface area contributed by atoms with E-state index in [0.29, 0.717) is 57.4 Å². The second-order valence-corrected chi connectivity index (χ2v) is 20.7. The van der Waals surface area contributed by atoms with Crippen LogP contribution in [0.3, 0.4) is 0 Å². The Morgan fingerprint density at radius 3 is 2.20 bits per heavy atom. The largest absolute Gasteiger partial charge is 0.460 e. The molecule has 0 radical (unpaired) electrons. The van der Waals surface area contributed by atoms with E-state index in [4.69, 9.17) is 14.5 Å². The quantitative estimate of drug-likeness (QED) is 0.0415. The zero-order valence-electron chi connectivity index (χ0n) is 44.1. The summed E-state index contributed by atoms with van der Waals surface area (Å²) in [6.07, 6.45) is 1.98. The molecule has 8 amide bonds. The number of ether oxygens (including phenoxy) is 2. The van der Waals surface area contributed by atoms with E-state index >= 15 is 4.39 Å². The lowest BCUT2D eigenvalue weighted by molar-refractivity contribution is -0.172. The Morgan fingerprint density at radius 2 is 1.52 bits per heavy atom. The number of rotatable bonds is 20. The summed E-state index contributed by atoms with van der Waals surface area (Å²) < 4.78 is 27.5. The van der Waals surface area contributed by atoms with Crippen molar-refractivity contribution >= 4 is 70.1 Å². The molecule has 2 aromatic heterocycles. The van der Waals surface area contributed by atoms with Gasteiger partial charge in [-0.15, -0.1) is 0 Å². The molecule has 0 unspecified atom stereocenters. The molecule has 4 aliphatic rings. The number of aliphatic hydroxyl groups is 1. The lowest BCUT2D eigenvalue weighted by Crippen LogP contribution is -2.53. The predicted molar refractivity (Wildman–Crippen MR) is 277 cm³/mol. The zero-order chi connectivity index (χ0) is 57.1. The van der Waals surface area contributed by atoms with E-state index in [9.17, 15) is 57.8 Å². The highest BCUT2D eigenvalue weighted by molar-refractivity contribution is 6.13. The minimum Gasteiger partial charge on any atom is -0.460 e. The van der Waals surface area contributed by atoms with E-state index in [-0.39, 0.29) is 62.0 Å². The molecule has 23 nitrogen and oxygen atoms in total. The van der Waals surface area contributed by atoms with E-state index < -0.39 is 126 Å². The summed E-state index contributed by atoms with van der Waals surface area (Å²) in [7, 11) is 0. The third-order valence-corrected chi connectivity index (χ3v) is 14.1. The highest BCUT2D eigenvalue weighted by Gasteiger charge is 2.46. The van der Waals surface area contributed by atoms with E-state index in [0.717, 1.165) is 17.1 Å². The number of pyridine rings is 2. The monoisotopic (exact) mass is 1090 g/mol. The number of aromatic nitrogens is 2. The number of hydrogen-bond acceptors (Lipinski definition) is 15. The summed E-state index contributed by atoms with van der Waals surface area (Å²) in [4.78, 5) is 149. The normalized spacial score (nSPS) is 17.6. The first-order valence-corrected chi connectivity index (χ1v) is 25.8. The Kier molecular flexibility index (Phi) is 16.5. The summed E-state index contributed by atoms with van der Waals surface area (Å²) >= 11 is 0. The topological polar surface area (TPSA) is 320 Å². The molecular weight excluding hydrogens is 1030 g/mol. The number of fused-ring (bicyclic) bond motifs is 5. The molecule has 7 N–H and O–H groups in total. The van der Waals surface area contributed by atoms with Crippen molar-refractivity contribution in [3.05, 3.63) is 110 Å². The molecule has 8 rings (SSSR count). The summed E-state index contributed by atoms with van der Waals surface area (Å²) in [5.74, 6) is -7.93. The van der Waals surface area contributed by atoms with E-state index in [1.54, 1.807) is 71.0 Å². The van der Waals surface area contributed by atoms with Gasteiger partial charge in [0.1, 0.15) is 30.1 Å². The number of aryl methyl sites for hydroxylation is 1. The molecular formula is C55H60FN9O14. The van der Waals surface area contributed by atoms with E-state index in [2.05, 4.69) is 31.9 Å². The molecule has 1 aliphatic carbocycles. The molecule has 3 aliphatic heterocycles. The van der Waals surface area contributed by atoms with E-state index in [1.165, 1.54) is 10.6 Å². The molecule has 416 valence electrons. The highest BCUT2D eigenvalue weighted by Crippen LogP contribution is 2.46. The Bertz CT molecular complexity index is 3300. The number of nitrogens with one attached hydrogen (secondary N) is 6. The maximum Gasteiger partial charge on any atom is 0.343 e. The molecule has 0 saturated heterocycles. The van der Waals surface area contributed by atoms with Crippen LogP contribution in [-0.2, 0) is 89.0 Å². The SMILES string of the molecule is CC[C@@]1(O)C(=O)OCc2c1cc1n(c2=O)Cc2c-1nc1cc(F)c(C)c3c1c2[C@@H](NC(=O)CNC(=O)[C@H](Cc1ccccc1)NC(=O)CNC(=O)CNC(=O)[C@H](CC(=O)OC(C)(C)C)NC(=O)CCCN1C(=O)C=CC1=O)CC3. The summed E-state index contributed by atoms with van der Waals surface area (Å²) in [6.45, 7) is 5.74. The second-order valence-electron chi connectivity index (χ2n) is 20.7. The first-order chi connectivity index (χ1) is 37.5. The first-order valence-electron chi connectivity index (χ1n) is 25.8. The lowest BCUT2D eigenvalue weighted by Gasteiger charge is -2.31. The van der Waals surface area contributed by atoms with Gasteiger partial charge < -0.3 is 51.0 Å². The van der Waals surface area contributed by atoms with E-state index in [1.807, 2.05) is 0 Å². The molecule has 0 spiro atoms. The lowest BCUT2D eigenvalue weighted by atomic mass is 9.81. The Labute approximate surface area is 451 Å². The van der Waals surface area contributed by atoms with Crippen molar-refractivity contribution in [3.8, 4) is 11.4 Å². The molecule has 2 aromatic carbocycles. The van der Waals surface area contributed by atoms with Crippen molar-refractivity contribution in [1.82, 2.24) is 46.4 Å². The molecule has 79 heavy (non-hydrogen) atoms. The van der Waals surface area contributed by atoms with Crippen molar-refractivity contribution in [1.29, 1.82) is 0 Å². The first kappa shape index (κ1) is 56.5. The van der Waals surface area contributed by atoms with Crippen LogP contribution < -0.4 is 37.5 Å². The van der Waals surface area contributed by atoms with Crippen molar-refractivity contribution in [3.63, 3.8) is 0 Å². The zero-order valence-corrected chi connectivity index (χ0v) is 44.1. The number of carbonyl (C=O) groups excluding carboxylic acids is 10. The summed E-state index contributed by atoms with van der Waals surface area (Å²) in [5, 5.41) is 27.3. The number of esters is 2. The molecule has 5 heterocycles. The number of cyclic esters (lactones) is 1. The number of nitrogens with zero attached hydrogens (tertiary/aromatic N) is 3. The van der Waals surface area contributed by atoms with Crippen LogP contribution in [0.2, 0.25) is 0 Å². The third-order valence-electron chi connectivity index (χ3n) is 14.1. The van der Waals surface area contributed by atoms with Crippen molar-refractivity contribution < 1.29 is 66.9 Å². The second kappa shape index (κ2) is 23.1. The van der Waals surface area contributed by atoms with Crippen molar-refractivity contribution in [2.75, 3.05) is 26.2 Å². The fourth-order valence-electron chi connectivity index (χ4n) is 10.1. The average molecular weight is 1090 g/mol. The molecule has 4 aromatic rings. The van der Waals surface area contributed by atoms with Crippen LogP contribution in [0.5, 0.6) is 0 Å². The third kappa shape index (κ3) is 12.4. The van der Waals surface area contributed by atoms with Crippen LogP contribution in [0, 0.1) is 12.7 Å². The number of halogens is 1. The summed E-state index contributed by atoms with van der Waals surface area (Å²) in [5.41, 5.74) is 0.495. The Hall–Kier alpha value is -8.67. The van der Waals surface area contributed by atoms with Crippen LogP contribution in [0.15, 0.2) is 59.4 Å². The minimum absolute atomic E-state index is 0.00847. The van der Waals surface area contributed by atoms with Crippen LogP contribution in [0.1, 0.15) is 105 Å². The Morgan fingerprint density at radius 1 is 0.861 bits per heavy atom. The number of hydrogen-bond donors (Lipinski definition) is 7. The molecule has 0 bridgehead atoms. The van der Waals surface area contributed by atoms with Crippen molar-refractivity contribution in [2.24, 2.45) is 0 Å². The number of imide groups is 1. The van der Waals surface area contributed by atoms with Crippen molar-refractivity contribution in [2.45, 2.75) is 122 Å². The number of benzene rings is 2. The molecule has 0 fully saturated rings. The molecule has 24 heteroatoms. The van der Waals surface area contributed by atoms with Crippen LogP contribution in [-0.4, -0.2) is 123 Å². The van der Waals surface area contributed by atoms with Gasteiger partial charge in [-0.1, -0.05) is 37.3 Å². The average Bonchev–Trinajstić information content (AvgIpc) is 3.92. The van der Waals surface area contributed by atoms with Gasteiger partial charge in [0.15, 0.2) is 5.60 Å². The maximum atomic E-state index is 15.5. The van der Waals surface area contributed by atoms with Crippen LogP contribution in [0.4, 0.5) is 4.39 Å². The van der Waals surface area contributed by atoms with Gasteiger partial charge in [-0.3, -0.25) is 52.8 Å². The van der Waals surface area contributed by atoms with Gasteiger partial charge >= 0.3 is 11.9 Å². The van der Waals surface area contributed by atoms with Gasteiger partial charge in [0.05, 0.1) is 61.1 Å². The fourth-order valence-corrected chi connectivity index (χ4v) is 10.1. The Balaban J connectivity index is 0.900. The van der Waals surface area contributed by atoms with Crippen LogP contribution >= 0.6 is 0 Å². The minimum atomic E-state index is -2.08. The smallest absolute Gasteiger partial charge is 0.343 e. The van der Waals surface area contributed by atoms with Gasteiger partial charge in [-0.25, -0.2) is 14.2 Å². The van der Waals surface area contributed by atoms with Gasteiger partial charge in [-0.05, 0) is 81.7 Å². The van der Waals surface area contributed by atoms with Gasteiger partial charge in [0, 0.05) is 54.1 Å². The van der Waals surface area contributed by atoms with Gasteiger partial charge in [-0.2, -0.15) is 0 Å². The summed E-state index contributed by atoms with van der Waals surface area (Å²) in [6, 6.07) is 8.02. The predicted octanol–water partition coefficient (Wildman–Crippen LogP) is 0.629. The van der Waals surface area contributed by atoms with Gasteiger partial charge in [0.25, 0.3) is 17.4 Å². The number of carbonyl (C=O) groups is 10. The highest BCUT2D eigenvalue weighted by atomic mass is 19.1. The molecule has 0 saturated carbocycles. The van der Waals surface area contributed by atoms with Crippen LogP contribution in [0.25, 0.3) is 22.3 Å². The fraction of sp³-hybridized carbons (Fsp3) is 0.418.